The van der Waals surface area contributed by atoms with E-state index in [0.717, 1.165) is 22.3 Å². The summed E-state index contributed by atoms with van der Waals surface area (Å²) in [6.45, 7) is 0. The number of hydrogen-bond acceptors (Lipinski definition) is 1. The molecule has 0 bridgehead atoms. The average molecular weight is 549 g/mol. The number of carbonyl (C=O) groups excluding carboxylic acids is 1. The van der Waals surface area contributed by atoms with Crippen LogP contribution in [0.5, 0.6) is 0 Å². The number of alkyl halides is 2. The summed E-state index contributed by atoms with van der Waals surface area (Å²) in [6.07, 6.45) is 0. The van der Waals surface area contributed by atoms with Crippen molar-refractivity contribution in [3.05, 3.63) is 70.8 Å². The number of halogens is 2. The molecular weight excluding hydrogens is 540 g/mol. The van der Waals surface area contributed by atoms with Crippen LogP contribution in [0.4, 0.5) is 0 Å². The van der Waals surface area contributed by atoms with E-state index in [4.69, 9.17) is 0 Å². The summed E-state index contributed by atoms with van der Waals surface area (Å²) in [5.74, 6) is 0.0730. The van der Waals surface area contributed by atoms with Crippen LogP contribution in [0.15, 0.2) is 42.5 Å². The summed E-state index contributed by atoms with van der Waals surface area (Å²) >= 11 is 7.38. The third-order valence-electron chi connectivity index (χ3n) is 3.20. The molecule has 0 aliphatic heterocycles. The first-order valence-corrected chi connectivity index (χ1v) is 7.45. The fraction of sp³-hybridized carbons (Fsp3) is 0.133. The van der Waals surface area contributed by atoms with Gasteiger partial charge in [0.25, 0.3) is 0 Å². The summed E-state index contributed by atoms with van der Waals surface area (Å²) < 4.78 is 0. The van der Waals surface area contributed by atoms with Gasteiger partial charge in [-0.2, -0.15) is 24.3 Å². The van der Waals surface area contributed by atoms with Gasteiger partial charge in [0.2, 0.25) is 0 Å². The first-order valence-electron chi connectivity index (χ1n) is 5.62. The van der Waals surface area contributed by atoms with Crippen molar-refractivity contribution < 1.29 is 25.9 Å². The zero-order valence-electron chi connectivity index (χ0n) is 9.77. The largest absolute Gasteiger partial charge is 0.303 e. The fourth-order valence-electron chi connectivity index (χ4n) is 2.28. The molecule has 0 fully saturated rings. The molecule has 2 aromatic rings. The second-order valence-corrected chi connectivity index (χ2v) is 6.21. The molecule has 1 aliphatic carbocycles. The smallest absolute Gasteiger partial charge is 0.139 e. The topological polar surface area (TPSA) is 17.1 Å². The molecule has 1 aliphatic rings. The summed E-state index contributed by atoms with van der Waals surface area (Å²) in [5.41, 5.74) is 3.54. The number of benzene rings is 2. The van der Waals surface area contributed by atoms with E-state index >= 15 is 0 Å². The Morgan fingerprint density at radius 1 is 0.947 bits per heavy atom. The molecule has 0 spiro atoms. The van der Waals surface area contributed by atoms with Gasteiger partial charge < -0.3 is 4.79 Å². The van der Waals surface area contributed by atoms with E-state index in [1.54, 1.807) is 6.07 Å². The van der Waals surface area contributed by atoms with Crippen molar-refractivity contribution in [2.75, 3.05) is 0 Å². The SMILES string of the molecule is O=C1c2c[c-]ccc2C(Br)C(Br)c2ccccc21.[W]. The summed E-state index contributed by atoms with van der Waals surface area (Å²) in [4.78, 5) is 12.7. The average Bonchev–Trinajstić information content (AvgIpc) is 2.51. The third-order valence-corrected chi connectivity index (χ3v) is 5.95. The molecule has 2 unspecified atom stereocenters. The molecule has 0 saturated carbocycles. The van der Waals surface area contributed by atoms with Gasteiger partial charge in [0.15, 0.2) is 0 Å². The van der Waals surface area contributed by atoms with Crippen LogP contribution in [-0.2, 0) is 21.1 Å². The molecule has 2 aromatic carbocycles. The van der Waals surface area contributed by atoms with Crippen LogP contribution < -0.4 is 0 Å². The number of ketones is 1. The molecule has 1 nitrogen and oxygen atoms in total. The number of fused-ring (bicyclic) bond motifs is 2. The Morgan fingerprint density at radius 3 is 2.32 bits per heavy atom. The number of rotatable bonds is 0. The Morgan fingerprint density at radius 2 is 1.58 bits per heavy atom. The maximum absolute atomic E-state index is 12.6. The third kappa shape index (κ3) is 2.53. The molecule has 0 amide bonds. The molecule has 0 heterocycles. The zero-order chi connectivity index (χ0) is 12.7. The van der Waals surface area contributed by atoms with Crippen LogP contribution in [-0.4, -0.2) is 5.78 Å². The minimum Gasteiger partial charge on any atom is -0.303 e. The molecule has 0 radical (unpaired) electrons. The second-order valence-electron chi connectivity index (χ2n) is 4.23. The number of carbonyl (C=O) groups is 1. The van der Waals surface area contributed by atoms with E-state index in [1.807, 2.05) is 36.4 Å². The van der Waals surface area contributed by atoms with E-state index in [1.165, 1.54) is 0 Å². The van der Waals surface area contributed by atoms with Crippen molar-refractivity contribution >= 4 is 37.6 Å². The summed E-state index contributed by atoms with van der Waals surface area (Å²) in [6, 6.07) is 16.3. The Balaban J connectivity index is 0.00000133. The molecule has 4 heteroatoms. The minimum absolute atomic E-state index is 0. The van der Waals surface area contributed by atoms with Crippen molar-refractivity contribution in [2.24, 2.45) is 0 Å². The van der Waals surface area contributed by atoms with Crippen LogP contribution in [0, 0.1) is 6.07 Å². The first kappa shape index (κ1) is 15.2. The minimum atomic E-state index is 0. The summed E-state index contributed by atoms with van der Waals surface area (Å²) in [5, 5.41) is 0. The van der Waals surface area contributed by atoms with Gasteiger partial charge in [0, 0.05) is 31.5 Å². The van der Waals surface area contributed by atoms with Gasteiger partial charge in [-0.25, -0.2) is 0 Å². The van der Waals surface area contributed by atoms with Crippen molar-refractivity contribution in [3.63, 3.8) is 0 Å². The molecule has 0 N–H and O–H groups in total. The molecule has 96 valence electrons. The van der Waals surface area contributed by atoms with Crippen molar-refractivity contribution in [2.45, 2.75) is 9.65 Å². The summed E-state index contributed by atoms with van der Waals surface area (Å²) in [7, 11) is 0. The maximum Gasteiger partial charge on any atom is 0.139 e. The van der Waals surface area contributed by atoms with E-state index in [2.05, 4.69) is 37.9 Å². The Labute approximate surface area is 143 Å². The Kier molecular flexibility index (Phi) is 4.81. The fourth-order valence-corrected chi connectivity index (χ4v) is 3.65. The molecule has 2 atom stereocenters. The molecule has 0 saturated heterocycles. The molecule has 0 aromatic heterocycles. The van der Waals surface area contributed by atoms with Crippen LogP contribution in [0.3, 0.4) is 0 Å². The molecule has 19 heavy (non-hydrogen) atoms. The van der Waals surface area contributed by atoms with Gasteiger partial charge in [-0.15, -0.1) is 5.56 Å². The van der Waals surface area contributed by atoms with Crippen LogP contribution in [0.1, 0.15) is 36.7 Å². The van der Waals surface area contributed by atoms with Crippen LogP contribution in [0.25, 0.3) is 0 Å². The van der Waals surface area contributed by atoms with E-state index in [9.17, 15) is 4.79 Å². The van der Waals surface area contributed by atoms with Gasteiger partial charge in [-0.05, 0) is 5.56 Å². The van der Waals surface area contributed by atoms with Crippen molar-refractivity contribution in [1.29, 1.82) is 0 Å². The standard InChI is InChI=1S/C15H9Br2O.W/c16-13-9-5-1-3-7-11(9)15(18)12-8-4-2-6-10(12)14(13)17;/h1-3,5-8,13-14H;/q-1;. The molecule has 3 rings (SSSR count). The van der Waals surface area contributed by atoms with Gasteiger partial charge in [0.1, 0.15) is 5.78 Å². The monoisotopic (exact) mass is 547 g/mol. The van der Waals surface area contributed by atoms with E-state index in [-0.39, 0.29) is 36.5 Å². The number of hydrogen-bond donors (Lipinski definition) is 0. The van der Waals surface area contributed by atoms with Gasteiger partial charge >= 0.3 is 0 Å². The predicted molar refractivity (Wildman–Crippen MR) is 78.5 cm³/mol. The first-order chi connectivity index (χ1) is 8.70. The Hall–Kier alpha value is -0.242. The van der Waals surface area contributed by atoms with E-state index < -0.39 is 0 Å². The van der Waals surface area contributed by atoms with Crippen molar-refractivity contribution in [1.82, 2.24) is 0 Å². The zero-order valence-corrected chi connectivity index (χ0v) is 15.9. The van der Waals surface area contributed by atoms with Gasteiger partial charge in [0.05, 0.1) is 4.83 Å². The normalized spacial score (nSPS) is 20.8. The van der Waals surface area contributed by atoms with Gasteiger partial charge in [-0.1, -0.05) is 61.7 Å². The predicted octanol–water partition coefficient (Wildman–Crippen LogP) is 4.60. The Bertz CT molecular complexity index is 574. The van der Waals surface area contributed by atoms with Gasteiger partial charge in [-0.3, -0.25) is 0 Å². The quantitative estimate of drug-likeness (QED) is 0.347. The van der Waals surface area contributed by atoms with Crippen LogP contribution in [0.2, 0.25) is 0 Å². The maximum atomic E-state index is 12.6. The second kappa shape index (κ2) is 6.03. The molecular formula is C15H9Br2OW-. The van der Waals surface area contributed by atoms with E-state index in [0.29, 0.717) is 0 Å². The van der Waals surface area contributed by atoms with Crippen molar-refractivity contribution in [3.8, 4) is 0 Å². The van der Waals surface area contributed by atoms with Crippen LogP contribution >= 0.6 is 31.9 Å².